The molecule has 0 aliphatic carbocycles. The third-order valence-corrected chi connectivity index (χ3v) is 2.07. The first-order chi connectivity index (χ1) is 9.68. The molecule has 0 amide bonds. The lowest BCUT2D eigenvalue weighted by Crippen LogP contribution is -1.99. The van der Waals surface area contributed by atoms with Gasteiger partial charge in [-0.3, -0.25) is 0 Å². The first-order valence-electron chi connectivity index (χ1n) is 7.07. The summed E-state index contributed by atoms with van der Waals surface area (Å²) >= 11 is 0. The standard InChI is InChI=1S/C14H12.C3H9N.C2H6/c1-3-7-13(8-4-1)11-12-14-9-5-2-6-10-14;1-4(2)3;1-2/h1-12H;1-3H3;1-2H3. The van der Waals surface area contributed by atoms with E-state index in [1.165, 1.54) is 11.1 Å². The normalized spacial score (nSPS) is 9.50. The highest BCUT2D eigenvalue weighted by atomic mass is 15.0. The molecule has 0 aliphatic heterocycles. The molecule has 0 saturated carbocycles. The second-order valence-electron chi connectivity index (χ2n) is 4.50. The van der Waals surface area contributed by atoms with Gasteiger partial charge in [0.15, 0.2) is 0 Å². The molecule has 0 aliphatic rings. The summed E-state index contributed by atoms with van der Waals surface area (Å²) in [5, 5.41) is 0. The van der Waals surface area contributed by atoms with Crippen molar-refractivity contribution in [1.82, 2.24) is 4.90 Å². The number of rotatable bonds is 2. The van der Waals surface area contributed by atoms with Gasteiger partial charge in [-0.2, -0.15) is 0 Å². The topological polar surface area (TPSA) is 3.24 Å². The van der Waals surface area contributed by atoms with E-state index in [1.807, 2.05) is 76.3 Å². The Balaban J connectivity index is 0.000000521. The summed E-state index contributed by atoms with van der Waals surface area (Å²) in [4.78, 5) is 2.00. The maximum atomic E-state index is 2.12. The van der Waals surface area contributed by atoms with Gasteiger partial charge in [-0.25, -0.2) is 0 Å². The largest absolute Gasteiger partial charge is 0.312 e. The number of nitrogens with zero attached hydrogens (tertiary/aromatic N) is 1. The average Bonchev–Trinajstić information content (AvgIpc) is 2.49. The summed E-state index contributed by atoms with van der Waals surface area (Å²) in [6.07, 6.45) is 4.24. The summed E-state index contributed by atoms with van der Waals surface area (Å²) in [6, 6.07) is 20.6. The van der Waals surface area contributed by atoms with Gasteiger partial charge in [0.1, 0.15) is 0 Å². The Morgan fingerprint density at radius 2 is 0.850 bits per heavy atom. The first-order valence-corrected chi connectivity index (χ1v) is 7.07. The van der Waals surface area contributed by atoms with E-state index in [-0.39, 0.29) is 0 Å². The van der Waals surface area contributed by atoms with Crippen LogP contribution in [0.1, 0.15) is 25.0 Å². The molecule has 0 unspecified atom stereocenters. The number of hydrogen-bond acceptors (Lipinski definition) is 1. The predicted octanol–water partition coefficient (Wildman–Crippen LogP) is 5.06. The highest BCUT2D eigenvalue weighted by Crippen LogP contribution is 2.06. The molecule has 1 heteroatoms. The summed E-state index contributed by atoms with van der Waals surface area (Å²) in [6.45, 7) is 4.00. The summed E-state index contributed by atoms with van der Waals surface area (Å²) in [5.74, 6) is 0. The van der Waals surface area contributed by atoms with Gasteiger partial charge in [0.05, 0.1) is 0 Å². The van der Waals surface area contributed by atoms with Crippen molar-refractivity contribution in [3.8, 4) is 0 Å². The van der Waals surface area contributed by atoms with Crippen LogP contribution >= 0.6 is 0 Å². The lowest BCUT2D eigenvalue weighted by Gasteiger charge is -1.92. The molecule has 0 bridgehead atoms. The fraction of sp³-hybridized carbons (Fsp3) is 0.263. The second kappa shape index (κ2) is 12.2. The molecule has 0 aromatic heterocycles. The van der Waals surface area contributed by atoms with Crippen LogP contribution in [0.15, 0.2) is 60.7 Å². The Morgan fingerprint density at radius 1 is 0.600 bits per heavy atom. The molecule has 2 aromatic carbocycles. The minimum atomic E-state index is 1.23. The van der Waals surface area contributed by atoms with Crippen molar-refractivity contribution in [3.63, 3.8) is 0 Å². The average molecular weight is 269 g/mol. The molecule has 2 rings (SSSR count). The van der Waals surface area contributed by atoms with Crippen molar-refractivity contribution in [2.24, 2.45) is 0 Å². The van der Waals surface area contributed by atoms with Crippen LogP contribution in [0.4, 0.5) is 0 Å². The smallest absolute Gasteiger partial charge is 0.0140 e. The summed E-state index contributed by atoms with van der Waals surface area (Å²) in [7, 11) is 6.00. The van der Waals surface area contributed by atoms with Gasteiger partial charge < -0.3 is 4.90 Å². The van der Waals surface area contributed by atoms with Crippen molar-refractivity contribution < 1.29 is 0 Å². The minimum Gasteiger partial charge on any atom is -0.312 e. The Labute approximate surface area is 124 Å². The molecule has 0 atom stereocenters. The van der Waals surface area contributed by atoms with E-state index in [0.29, 0.717) is 0 Å². The zero-order valence-corrected chi connectivity index (χ0v) is 13.4. The molecule has 0 heterocycles. The lowest BCUT2D eigenvalue weighted by atomic mass is 10.1. The summed E-state index contributed by atoms with van der Waals surface area (Å²) < 4.78 is 0. The molecule has 2 aromatic rings. The van der Waals surface area contributed by atoms with Crippen LogP contribution < -0.4 is 0 Å². The van der Waals surface area contributed by atoms with Crippen LogP contribution in [0.3, 0.4) is 0 Å². The van der Waals surface area contributed by atoms with Crippen LogP contribution in [0.25, 0.3) is 12.2 Å². The van der Waals surface area contributed by atoms with Crippen LogP contribution in [-0.4, -0.2) is 26.0 Å². The van der Waals surface area contributed by atoms with Gasteiger partial charge in [0.25, 0.3) is 0 Å². The molecule has 0 saturated heterocycles. The zero-order valence-electron chi connectivity index (χ0n) is 13.4. The molecular weight excluding hydrogens is 242 g/mol. The van der Waals surface area contributed by atoms with Crippen LogP contribution in [0.5, 0.6) is 0 Å². The van der Waals surface area contributed by atoms with Gasteiger partial charge >= 0.3 is 0 Å². The monoisotopic (exact) mass is 269 g/mol. The Kier molecular flexibility index (Phi) is 11.1. The van der Waals surface area contributed by atoms with E-state index >= 15 is 0 Å². The van der Waals surface area contributed by atoms with Crippen molar-refractivity contribution >= 4 is 12.2 Å². The predicted molar refractivity (Wildman–Crippen MR) is 92.8 cm³/mol. The molecule has 108 valence electrons. The summed E-state index contributed by atoms with van der Waals surface area (Å²) in [5.41, 5.74) is 2.47. The van der Waals surface area contributed by atoms with E-state index < -0.39 is 0 Å². The van der Waals surface area contributed by atoms with Gasteiger partial charge in [-0.05, 0) is 32.3 Å². The molecule has 20 heavy (non-hydrogen) atoms. The second-order valence-corrected chi connectivity index (χ2v) is 4.50. The molecular formula is C19H27N. The van der Waals surface area contributed by atoms with Crippen LogP contribution in [0.2, 0.25) is 0 Å². The van der Waals surface area contributed by atoms with Crippen molar-refractivity contribution in [2.45, 2.75) is 13.8 Å². The maximum Gasteiger partial charge on any atom is -0.0140 e. The Hall–Kier alpha value is -1.86. The van der Waals surface area contributed by atoms with Crippen LogP contribution in [-0.2, 0) is 0 Å². The minimum absolute atomic E-state index is 1.23. The van der Waals surface area contributed by atoms with Crippen molar-refractivity contribution in [2.75, 3.05) is 21.1 Å². The van der Waals surface area contributed by atoms with E-state index in [2.05, 4.69) is 36.4 Å². The highest BCUT2D eigenvalue weighted by molar-refractivity contribution is 5.69. The van der Waals surface area contributed by atoms with Crippen LogP contribution in [0, 0.1) is 0 Å². The number of benzene rings is 2. The van der Waals surface area contributed by atoms with E-state index in [9.17, 15) is 0 Å². The third kappa shape index (κ3) is 10.1. The Bertz CT molecular complexity index is 399. The molecule has 0 spiro atoms. The number of hydrogen-bond donors (Lipinski definition) is 0. The van der Waals surface area contributed by atoms with Crippen molar-refractivity contribution in [1.29, 1.82) is 0 Å². The van der Waals surface area contributed by atoms with Gasteiger partial charge in [0.2, 0.25) is 0 Å². The molecule has 0 radical (unpaired) electrons. The first kappa shape index (κ1) is 18.1. The van der Waals surface area contributed by atoms with Crippen molar-refractivity contribution in [3.05, 3.63) is 71.8 Å². The van der Waals surface area contributed by atoms with Gasteiger partial charge in [0, 0.05) is 0 Å². The zero-order chi connectivity index (χ0) is 15.2. The van der Waals surface area contributed by atoms with Gasteiger partial charge in [-0.15, -0.1) is 0 Å². The Morgan fingerprint density at radius 3 is 1.10 bits per heavy atom. The lowest BCUT2D eigenvalue weighted by molar-refractivity contribution is 0.505. The van der Waals surface area contributed by atoms with E-state index in [1.54, 1.807) is 0 Å². The van der Waals surface area contributed by atoms with E-state index in [4.69, 9.17) is 0 Å². The SMILES string of the molecule is C(=Cc1ccccc1)c1ccccc1.CC.CN(C)C. The fourth-order valence-corrected chi connectivity index (χ4v) is 1.32. The maximum absolute atomic E-state index is 2.12. The highest BCUT2D eigenvalue weighted by Gasteiger charge is 1.84. The molecule has 0 fully saturated rings. The quantitative estimate of drug-likeness (QED) is 0.689. The van der Waals surface area contributed by atoms with Gasteiger partial charge in [-0.1, -0.05) is 86.7 Å². The van der Waals surface area contributed by atoms with E-state index in [0.717, 1.165) is 0 Å². The fourth-order valence-electron chi connectivity index (χ4n) is 1.32. The molecule has 1 nitrogen and oxygen atoms in total. The molecule has 0 N–H and O–H groups in total. The third-order valence-electron chi connectivity index (χ3n) is 2.07.